The average molecular weight is 328 g/mol. The van der Waals surface area contributed by atoms with E-state index < -0.39 is 0 Å². The maximum absolute atomic E-state index is 12.1. The van der Waals surface area contributed by atoms with E-state index >= 15 is 0 Å². The molecule has 2 fully saturated rings. The van der Waals surface area contributed by atoms with Gasteiger partial charge < -0.3 is 10.6 Å². The van der Waals surface area contributed by atoms with Crippen LogP contribution in [0.2, 0.25) is 10.0 Å². The second-order valence-electron chi connectivity index (χ2n) is 5.94. The molecule has 4 nitrogen and oxygen atoms in total. The van der Waals surface area contributed by atoms with Crippen LogP contribution in [-0.2, 0) is 4.79 Å². The third kappa shape index (κ3) is 3.69. The van der Waals surface area contributed by atoms with E-state index in [-0.39, 0.29) is 5.91 Å². The molecule has 0 bridgehead atoms. The first-order chi connectivity index (χ1) is 10.0. The maximum Gasteiger partial charge on any atom is 0.238 e. The number of amides is 1. The fraction of sp³-hybridized carbons (Fsp3) is 0.533. The number of piperidine rings is 1. The highest BCUT2D eigenvalue weighted by atomic mass is 35.5. The largest absolute Gasteiger partial charge is 0.325 e. The van der Waals surface area contributed by atoms with Gasteiger partial charge in [0.25, 0.3) is 0 Å². The predicted molar refractivity (Wildman–Crippen MR) is 86.1 cm³/mol. The summed E-state index contributed by atoms with van der Waals surface area (Å²) >= 11 is 11.9. The van der Waals surface area contributed by atoms with E-state index in [0.717, 1.165) is 32.5 Å². The van der Waals surface area contributed by atoms with Crippen LogP contribution in [0.4, 0.5) is 5.69 Å². The molecule has 2 N–H and O–H groups in total. The summed E-state index contributed by atoms with van der Waals surface area (Å²) in [6, 6.07) is 5.05. The zero-order chi connectivity index (χ0) is 14.9. The zero-order valence-electron chi connectivity index (χ0n) is 11.8. The van der Waals surface area contributed by atoms with Gasteiger partial charge in [-0.1, -0.05) is 23.2 Å². The number of anilines is 1. The Bertz CT molecular complexity index is 515. The van der Waals surface area contributed by atoms with Gasteiger partial charge in [-0.2, -0.15) is 0 Å². The summed E-state index contributed by atoms with van der Waals surface area (Å²) in [5.41, 5.74) is 1.01. The number of hydrogen-bond donors (Lipinski definition) is 2. The third-order valence-corrected chi connectivity index (χ3v) is 4.87. The molecule has 0 aromatic heterocycles. The zero-order valence-corrected chi connectivity index (χ0v) is 13.3. The minimum Gasteiger partial charge on any atom is -0.325 e. The molecule has 0 saturated carbocycles. The van der Waals surface area contributed by atoms with Crippen LogP contribution in [-0.4, -0.2) is 42.5 Å². The van der Waals surface area contributed by atoms with Gasteiger partial charge in [-0.05, 0) is 44.0 Å². The van der Waals surface area contributed by atoms with E-state index in [1.165, 1.54) is 6.42 Å². The number of nitrogens with zero attached hydrogens (tertiary/aromatic N) is 1. The van der Waals surface area contributed by atoms with Gasteiger partial charge >= 0.3 is 0 Å². The Morgan fingerprint density at radius 3 is 2.33 bits per heavy atom. The fourth-order valence-corrected chi connectivity index (χ4v) is 3.60. The lowest BCUT2D eigenvalue weighted by Crippen LogP contribution is -2.62. The number of halogens is 2. The summed E-state index contributed by atoms with van der Waals surface area (Å²) in [5, 5.41) is 7.43. The third-order valence-electron chi connectivity index (χ3n) is 4.43. The van der Waals surface area contributed by atoms with Crippen molar-refractivity contribution in [1.82, 2.24) is 10.2 Å². The molecule has 2 saturated heterocycles. The highest BCUT2D eigenvalue weighted by Gasteiger charge is 2.39. The van der Waals surface area contributed by atoms with Crippen LogP contribution in [0.25, 0.3) is 0 Å². The maximum atomic E-state index is 12.1. The van der Waals surface area contributed by atoms with Gasteiger partial charge in [0.2, 0.25) is 5.91 Å². The summed E-state index contributed by atoms with van der Waals surface area (Å²) in [7, 11) is 0. The van der Waals surface area contributed by atoms with Crippen molar-refractivity contribution in [3.8, 4) is 0 Å². The van der Waals surface area contributed by atoms with Gasteiger partial charge in [0, 0.05) is 34.4 Å². The highest BCUT2D eigenvalue weighted by molar-refractivity contribution is 6.35. The minimum absolute atomic E-state index is 0.0224. The van der Waals surface area contributed by atoms with E-state index in [4.69, 9.17) is 23.2 Å². The molecule has 0 atom stereocenters. The first-order valence-electron chi connectivity index (χ1n) is 7.28. The number of rotatable bonds is 3. The second-order valence-corrected chi connectivity index (χ2v) is 6.81. The minimum atomic E-state index is -0.0224. The number of likely N-dealkylation sites (tertiary alicyclic amines) is 1. The van der Waals surface area contributed by atoms with E-state index in [9.17, 15) is 4.79 Å². The van der Waals surface area contributed by atoms with Crippen LogP contribution in [0.15, 0.2) is 18.2 Å². The Kier molecular flexibility index (Phi) is 4.41. The quantitative estimate of drug-likeness (QED) is 0.897. The van der Waals surface area contributed by atoms with Crippen molar-refractivity contribution in [1.29, 1.82) is 0 Å². The van der Waals surface area contributed by atoms with Crippen molar-refractivity contribution in [3.63, 3.8) is 0 Å². The monoisotopic (exact) mass is 327 g/mol. The van der Waals surface area contributed by atoms with Crippen LogP contribution < -0.4 is 10.6 Å². The van der Waals surface area contributed by atoms with Gasteiger partial charge in [0.1, 0.15) is 0 Å². The highest BCUT2D eigenvalue weighted by Crippen LogP contribution is 2.30. The number of nitrogens with one attached hydrogen (secondary N) is 2. The first kappa shape index (κ1) is 15.1. The van der Waals surface area contributed by atoms with Gasteiger partial charge in [0.15, 0.2) is 0 Å². The number of benzene rings is 1. The average Bonchev–Trinajstić information content (AvgIpc) is 2.36. The summed E-state index contributed by atoms with van der Waals surface area (Å²) in [6.07, 6.45) is 3.53. The second kappa shape index (κ2) is 6.13. The Hall–Kier alpha value is -0.810. The molecule has 1 aromatic carbocycles. The summed E-state index contributed by atoms with van der Waals surface area (Å²) in [6.45, 7) is 3.49. The topological polar surface area (TPSA) is 44.4 Å². The normalized spacial score (nSPS) is 21.0. The Morgan fingerprint density at radius 1 is 1.19 bits per heavy atom. The number of carbonyl (C=O) groups excluding carboxylic acids is 1. The lowest BCUT2D eigenvalue weighted by molar-refractivity contribution is -0.117. The Balaban J connectivity index is 1.50. The van der Waals surface area contributed by atoms with E-state index in [2.05, 4.69) is 15.5 Å². The Morgan fingerprint density at radius 2 is 1.81 bits per heavy atom. The number of hydrogen-bond acceptors (Lipinski definition) is 3. The molecule has 0 aliphatic carbocycles. The standard InChI is InChI=1S/C15H19Cl2N3O/c16-11-7-12(17)9-13(8-11)19-14(21)10-20-5-2-15(3-6-20)1-4-18-15/h7-9,18H,1-6,10H2,(H,19,21). The van der Waals surface area contributed by atoms with Gasteiger partial charge in [-0.3, -0.25) is 9.69 Å². The molecule has 21 heavy (non-hydrogen) atoms. The van der Waals surface area contributed by atoms with Crippen LogP contribution in [0, 0.1) is 0 Å². The Labute approximate surface area is 134 Å². The van der Waals surface area contributed by atoms with Gasteiger partial charge in [0.05, 0.1) is 6.54 Å². The smallest absolute Gasteiger partial charge is 0.238 e. The number of carbonyl (C=O) groups is 1. The van der Waals surface area contributed by atoms with Crippen LogP contribution in [0.5, 0.6) is 0 Å². The fourth-order valence-electron chi connectivity index (χ4n) is 3.07. The molecule has 1 aromatic rings. The lowest BCUT2D eigenvalue weighted by Gasteiger charge is -2.48. The van der Waals surface area contributed by atoms with Crippen molar-refractivity contribution in [3.05, 3.63) is 28.2 Å². The lowest BCUT2D eigenvalue weighted by atomic mass is 9.79. The molecule has 2 heterocycles. The van der Waals surface area contributed by atoms with Crippen LogP contribution in [0.1, 0.15) is 19.3 Å². The van der Waals surface area contributed by atoms with Crippen LogP contribution >= 0.6 is 23.2 Å². The molecule has 1 amide bonds. The molecule has 6 heteroatoms. The molecular weight excluding hydrogens is 309 g/mol. The molecule has 114 valence electrons. The van der Waals surface area contributed by atoms with E-state index in [1.54, 1.807) is 18.2 Å². The molecule has 3 rings (SSSR count). The first-order valence-corrected chi connectivity index (χ1v) is 8.04. The van der Waals surface area contributed by atoms with Crippen LogP contribution in [0.3, 0.4) is 0 Å². The van der Waals surface area contributed by atoms with Crippen molar-refractivity contribution in [2.75, 3.05) is 31.5 Å². The summed E-state index contributed by atoms with van der Waals surface area (Å²) < 4.78 is 0. The SMILES string of the molecule is O=C(CN1CCC2(CCN2)CC1)Nc1cc(Cl)cc(Cl)c1. The van der Waals surface area contributed by atoms with Gasteiger partial charge in [-0.25, -0.2) is 0 Å². The van der Waals surface area contributed by atoms with E-state index in [1.807, 2.05) is 0 Å². The molecule has 2 aliphatic heterocycles. The van der Waals surface area contributed by atoms with E-state index in [0.29, 0.717) is 27.8 Å². The van der Waals surface area contributed by atoms with Crippen molar-refractivity contribution >= 4 is 34.8 Å². The van der Waals surface area contributed by atoms with Gasteiger partial charge in [-0.15, -0.1) is 0 Å². The van der Waals surface area contributed by atoms with Crippen molar-refractivity contribution in [2.24, 2.45) is 0 Å². The molecule has 1 spiro atoms. The predicted octanol–water partition coefficient (Wildman–Crippen LogP) is 2.76. The molecule has 2 aliphatic rings. The summed E-state index contributed by atoms with van der Waals surface area (Å²) in [4.78, 5) is 14.3. The molecular formula is C15H19Cl2N3O. The summed E-state index contributed by atoms with van der Waals surface area (Å²) in [5.74, 6) is -0.0224. The van der Waals surface area contributed by atoms with Crippen molar-refractivity contribution < 1.29 is 4.79 Å². The molecule has 0 unspecified atom stereocenters. The molecule has 0 radical (unpaired) electrons. The van der Waals surface area contributed by atoms with Crippen molar-refractivity contribution in [2.45, 2.75) is 24.8 Å².